The maximum Gasteiger partial charge on any atom is 0.136 e. The van der Waals surface area contributed by atoms with Gasteiger partial charge in [0.05, 0.1) is 12.7 Å². The summed E-state index contributed by atoms with van der Waals surface area (Å²) in [6.45, 7) is 2.80. The Morgan fingerprint density at radius 2 is 1.95 bits per heavy atom. The van der Waals surface area contributed by atoms with Gasteiger partial charge in [-0.1, -0.05) is 29.8 Å². The number of nitrogens with one attached hydrogen (secondary N) is 1. The van der Waals surface area contributed by atoms with Crippen molar-refractivity contribution in [2.45, 2.75) is 19.5 Å². The average Bonchev–Trinajstić information content (AvgIpc) is 2.52. The number of hydrogen-bond acceptors (Lipinski definition) is 3. The molecule has 1 atom stereocenters. The van der Waals surface area contributed by atoms with Crippen molar-refractivity contribution in [3.63, 3.8) is 0 Å². The second-order valence-electron chi connectivity index (χ2n) is 4.80. The van der Waals surface area contributed by atoms with Gasteiger partial charge in [0, 0.05) is 17.6 Å². The lowest BCUT2D eigenvalue weighted by Crippen LogP contribution is -2.18. The zero-order valence-electron chi connectivity index (χ0n) is 12.1. The maximum absolute atomic E-state index is 8.97. The highest BCUT2D eigenvalue weighted by Crippen LogP contribution is 2.20. The van der Waals surface area contributed by atoms with Crippen molar-refractivity contribution in [1.29, 1.82) is 5.26 Å². The smallest absolute Gasteiger partial charge is 0.136 e. The summed E-state index contributed by atoms with van der Waals surface area (Å²) in [6, 6.07) is 15.7. The largest absolute Gasteiger partial charge is 0.495 e. The van der Waals surface area contributed by atoms with Crippen LogP contribution in [0.4, 0.5) is 0 Å². The highest BCUT2D eigenvalue weighted by atomic mass is 35.5. The van der Waals surface area contributed by atoms with Gasteiger partial charge in [0.25, 0.3) is 0 Å². The van der Waals surface area contributed by atoms with Crippen molar-refractivity contribution in [2.75, 3.05) is 7.11 Å². The molecular weight excluding hydrogens is 284 g/mol. The third-order valence-corrected chi connectivity index (χ3v) is 3.62. The number of rotatable bonds is 5. The van der Waals surface area contributed by atoms with E-state index in [0.29, 0.717) is 17.9 Å². The Bertz CT molecular complexity index is 647. The number of ether oxygens (including phenoxy) is 1. The van der Waals surface area contributed by atoms with Crippen molar-refractivity contribution in [1.82, 2.24) is 5.32 Å². The van der Waals surface area contributed by atoms with Crippen LogP contribution in [0, 0.1) is 11.3 Å². The molecule has 4 heteroatoms. The van der Waals surface area contributed by atoms with E-state index in [-0.39, 0.29) is 6.04 Å². The van der Waals surface area contributed by atoms with Gasteiger partial charge in [-0.05, 0) is 42.3 Å². The summed E-state index contributed by atoms with van der Waals surface area (Å²) < 4.78 is 5.22. The highest BCUT2D eigenvalue weighted by molar-refractivity contribution is 6.30. The summed E-state index contributed by atoms with van der Waals surface area (Å²) in [4.78, 5) is 0. The molecule has 0 fully saturated rings. The molecular formula is C17H17ClN2O. The van der Waals surface area contributed by atoms with Gasteiger partial charge < -0.3 is 10.1 Å². The lowest BCUT2D eigenvalue weighted by atomic mass is 10.1. The number of methoxy groups -OCH3 is 1. The van der Waals surface area contributed by atoms with Gasteiger partial charge in [0.15, 0.2) is 0 Å². The first-order valence-corrected chi connectivity index (χ1v) is 7.07. The summed E-state index contributed by atoms with van der Waals surface area (Å²) in [6.07, 6.45) is 0. The third kappa shape index (κ3) is 3.98. The fourth-order valence-electron chi connectivity index (χ4n) is 2.08. The number of halogens is 1. The Hall–Kier alpha value is -2.02. The number of benzene rings is 2. The topological polar surface area (TPSA) is 45.0 Å². The lowest BCUT2D eigenvalue weighted by molar-refractivity contribution is 0.412. The Morgan fingerprint density at radius 3 is 2.57 bits per heavy atom. The molecule has 0 bridgehead atoms. The van der Waals surface area contributed by atoms with Crippen LogP contribution in [-0.4, -0.2) is 7.11 Å². The van der Waals surface area contributed by atoms with E-state index < -0.39 is 0 Å². The molecule has 0 unspecified atom stereocenters. The molecule has 2 aromatic carbocycles. The van der Waals surface area contributed by atoms with Crippen LogP contribution in [0.3, 0.4) is 0 Å². The molecule has 0 heterocycles. The van der Waals surface area contributed by atoms with Crippen molar-refractivity contribution in [3.8, 4) is 11.8 Å². The van der Waals surface area contributed by atoms with Crippen molar-refractivity contribution in [3.05, 3.63) is 64.2 Å². The minimum atomic E-state index is 0.212. The van der Waals surface area contributed by atoms with Gasteiger partial charge in [-0.15, -0.1) is 0 Å². The van der Waals surface area contributed by atoms with E-state index in [1.165, 1.54) is 5.56 Å². The highest BCUT2D eigenvalue weighted by Gasteiger charge is 2.07. The minimum Gasteiger partial charge on any atom is -0.495 e. The Morgan fingerprint density at radius 1 is 1.24 bits per heavy atom. The molecule has 0 saturated heterocycles. The summed E-state index contributed by atoms with van der Waals surface area (Å²) >= 11 is 5.89. The second-order valence-corrected chi connectivity index (χ2v) is 5.24. The predicted molar refractivity (Wildman–Crippen MR) is 84.4 cm³/mol. The summed E-state index contributed by atoms with van der Waals surface area (Å²) in [5.74, 6) is 0.607. The number of nitrogens with zero attached hydrogens (tertiary/aromatic N) is 1. The fourth-order valence-corrected chi connectivity index (χ4v) is 2.20. The molecule has 21 heavy (non-hydrogen) atoms. The van der Waals surface area contributed by atoms with Crippen LogP contribution < -0.4 is 10.1 Å². The Balaban J connectivity index is 2.02. The standard InChI is InChI=1S/C17H17ClN2O/c1-12(14-5-7-16(18)8-6-14)20-11-13-3-4-15(10-19)17(9-13)21-2/h3-9,12,20H,11H2,1-2H3/t12-/m0/s1. The van der Waals surface area contributed by atoms with Gasteiger partial charge in [-0.3, -0.25) is 0 Å². The predicted octanol–water partition coefficient (Wildman–Crippen LogP) is 4.07. The first-order valence-electron chi connectivity index (χ1n) is 6.70. The van der Waals surface area contributed by atoms with Crippen LogP contribution in [-0.2, 0) is 6.54 Å². The van der Waals surface area contributed by atoms with Crippen molar-refractivity contribution in [2.24, 2.45) is 0 Å². The molecule has 0 aliphatic carbocycles. The van der Waals surface area contributed by atoms with Gasteiger partial charge in [-0.2, -0.15) is 5.26 Å². The van der Waals surface area contributed by atoms with Crippen LogP contribution in [0.5, 0.6) is 5.75 Å². The summed E-state index contributed by atoms with van der Waals surface area (Å²) in [7, 11) is 1.57. The van der Waals surface area contributed by atoms with Gasteiger partial charge in [0.1, 0.15) is 11.8 Å². The van der Waals surface area contributed by atoms with Crippen LogP contribution >= 0.6 is 11.6 Å². The molecule has 2 rings (SSSR count). The SMILES string of the molecule is COc1cc(CN[C@@H](C)c2ccc(Cl)cc2)ccc1C#N. The van der Waals surface area contributed by atoms with Crippen LogP contribution in [0.15, 0.2) is 42.5 Å². The maximum atomic E-state index is 8.97. The van der Waals surface area contributed by atoms with E-state index in [4.69, 9.17) is 21.6 Å². The molecule has 2 aromatic rings. The van der Waals surface area contributed by atoms with E-state index in [0.717, 1.165) is 10.6 Å². The first-order chi connectivity index (χ1) is 10.1. The lowest BCUT2D eigenvalue weighted by Gasteiger charge is -2.15. The van der Waals surface area contributed by atoms with E-state index in [2.05, 4.69) is 18.3 Å². The normalized spacial score (nSPS) is 11.7. The Kier molecular flexibility index (Phi) is 5.21. The molecule has 0 amide bonds. The van der Waals surface area contributed by atoms with Crippen molar-refractivity contribution < 1.29 is 4.74 Å². The zero-order chi connectivity index (χ0) is 15.2. The molecule has 108 valence electrons. The van der Waals surface area contributed by atoms with Gasteiger partial charge in [0.2, 0.25) is 0 Å². The first kappa shape index (κ1) is 15.4. The molecule has 0 aromatic heterocycles. The van der Waals surface area contributed by atoms with Crippen LogP contribution in [0.2, 0.25) is 5.02 Å². The summed E-state index contributed by atoms with van der Waals surface area (Å²) in [5.41, 5.74) is 2.80. The third-order valence-electron chi connectivity index (χ3n) is 3.37. The molecule has 0 aliphatic heterocycles. The number of nitriles is 1. The van der Waals surface area contributed by atoms with E-state index in [1.54, 1.807) is 13.2 Å². The molecule has 1 N–H and O–H groups in total. The fraction of sp³-hybridized carbons (Fsp3) is 0.235. The van der Waals surface area contributed by atoms with Crippen LogP contribution in [0.1, 0.15) is 29.7 Å². The van der Waals surface area contributed by atoms with E-state index >= 15 is 0 Å². The number of hydrogen-bond donors (Lipinski definition) is 1. The van der Waals surface area contributed by atoms with Crippen LogP contribution in [0.25, 0.3) is 0 Å². The van der Waals surface area contributed by atoms with Crippen molar-refractivity contribution >= 4 is 11.6 Å². The minimum absolute atomic E-state index is 0.212. The molecule has 0 aliphatic rings. The second kappa shape index (κ2) is 7.12. The zero-order valence-corrected chi connectivity index (χ0v) is 12.8. The van der Waals surface area contributed by atoms with E-state index in [1.807, 2.05) is 36.4 Å². The summed E-state index contributed by atoms with van der Waals surface area (Å²) in [5, 5.41) is 13.2. The average molecular weight is 301 g/mol. The molecule has 0 saturated carbocycles. The van der Waals surface area contributed by atoms with E-state index in [9.17, 15) is 0 Å². The molecule has 0 spiro atoms. The Labute approximate surface area is 130 Å². The van der Waals surface area contributed by atoms with Gasteiger partial charge in [-0.25, -0.2) is 0 Å². The quantitative estimate of drug-likeness (QED) is 0.905. The molecule has 3 nitrogen and oxygen atoms in total. The molecule has 0 radical (unpaired) electrons. The van der Waals surface area contributed by atoms with Gasteiger partial charge >= 0.3 is 0 Å². The monoisotopic (exact) mass is 300 g/mol.